The van der Waals surface area contributed by atoms with Crippen molar-refractivity contribution >= 4 is 21.6 Å². The molecule has 114 valence electrons. The van der Waals surface area contributed by atoms with Crippen molar-refractivity contribution in [3.63, 3.8) is 0 Å². The molecule has 0 heterocycles. The first-order valence-electron chi connectivity index (χ1n) is 6.21. The van der Waals surface area contributed by atoms with E-state index in [0.717, 1.165) is 0 Å². The van der Waals surface area contributed by atoms with E-state index in [1.54, 1.807) is 13.0 Å². The summed E-state index contributed by atoms with van der Waals surface area (Å²) in [5.74, 6) is 0. The van der Waals surface area contributed by atoms with Crippen LogP contribution in [0.15, 0.2) is 17.0 Å². The van der Waals surface area contributed by atoms with Crippen LogP contribution < -0.4 is 0 Å². The van der Waals surface area contributed by atoms with Crippen LogP contribution in [0.25, 0.3) is 0 Å². The maximum atomic E-state index is 12.6. The van der Waals surface area contributed by atoms with E-state index in [0.29, 0.717) is 29.2 Å². The highest BCUT2D eigenvalue weighted by Crippen LogP contribution is 2.26. The van der Waals surface area contributed by atoms with Gasteiger partial charge in [0.2, 0.25) is 10.0 Å². The number of halogens is 1. The molecular formula is C13H21ClN2O3S. The second-order valence-electron chi connectivity index (χ2n) is 4.98. The Bertz CT molecular complexity index is 573. The highest BCUT2D eigenvalue weighted by atomic mass is 35.5. The van der Waals surface area contributed by atoms with Crippen molar-refractivity contribution in [3.05, 3.63) is 28.3 Å². The second-order valence-corrected chi connectivity index (χ2v) is 7.43. The van der Waals surface area contributed by atoms with Gasteiger partial charge >= 0.3 is 0 Å². The SMILES string of the molecule is Cc1c(CO)cc(Cl)cc1S(=O)(=O)N(C)CCN(C)C. The van der Waals surface area contributed by atoms with Gasteiger partial charge in [-0.3, -0.25) is 0 Å². The molecule has 0 spiro atoms. The molecule has 1 rings (SSSR count). The van der Waals surface area contributed by atoms with Gasteiger partial charge in [-0.2, -0.15) is 4.31 Å². The fourth-order valence-electron chi connectivity index (χ4n) is 1.77. The molecule has 1 aromatic rings. The summed E-state index contributed by atoms with van der Waals surface area (Å²) in [5, 5.41) is 9.58. The van der Waals surface area contributed by atoms with Crippen molar-refractivity contribution in [2.24, 2.45) is 0 Å². The molecule has 0 aliphatic carbocycles. The first-order chi connectivity index (χ1) is 9.20. The van der Waals surface area contributed by atoms with Gasteiger partial charge in [0.15, 0.2) is 0 Å². The molecule has 1 aromatic carbocycles. The Balaban J connectivity index is 3.18. The predicted molar refractivity (Wildman–Crippen MR) is 80.5 cm³/mol. The third-order valence-electron chi connectivity index (χ3n) is 3.15. The fourth-order valence-corrected chi connectivity index (χ4v) is 3.53. The minimum Gasteiger partial charge on any atom is -0.392 e. The second kappa shape index (κ2) is 6.87. The molecule has 0 radical (unpaired) electrons. The molecular weight excluding hydrogens is 300 g/mol. The number of likely N-dealkylation sites (N-methyl/N-ethyl adjacent to an activating group) is 2. The van der Waals surface area contributed by atoms with E-state index in [9.17, 15) is 13.5 Å². The summed E-state index contributed by atoms with van der Waals surface area (Å²) in [6.45, 7) is 2.45. The zero-order chi connectivity index (χ0) is 15.5. The summed E-state index contributed by atoms with van der Waals surface area (Å²) >= 11 is 5.94. The molecule has 0 atom stereocenters. The minimum absolute atomic E-state index is 0.148. The fraction of sp³-hybridized carbons (Fsp3) is 0.538. The highest BCUT2D eigenvalue weighted by molar-refractivity contribution is 7.89. The minimum atomic E-state index is -3.61. The number of aliphatic hydroxyl groups excluding tert-OH is 1. The van der Waals surface area contributed by atoms with Crippen molar-refractivity contribution in [2.45, 2.75) is 18.4 Å². The van der Waals surface area contributed by atoms with E-state index in [-0.39, 0.29) is 11.5 Å². The molecule has 0 aliphatic heterocycles. The van der Waals surface area contributed by atoms with Gasteiger partial charge in [-0.15, -0.1) is 0 Å². The third kappa shape index (κ3) is 3.93. The van der Waals surface area contributed by atoms with Crippen LogP contribution in [0.3, 0.4) is 0 Å². The highest BCUT2D eigenvalue weighted by Gasteiger charge is 2.24. The Labute approximate surface area is 125 Å². The van der Waals surface area contributed by atoms with Gasteiger partial charge in [0.1, 0.15) is 0 Å². The van der Waals surface area contributed by atoms with E-state index >= 15 is 0 Å². The monoisotopic (exact) mass is 320 g/mol. The molecule has 0 bridgehead atoms. The summed E-state index contributed by atoms with van der Waals surface area (Å²) in [7, 11) is 1.70. The van der Waals surface area contributed by atoms with E-state index < -0.39 is 10.0 Å². The first-order valence-corrected chi connectivity index (χ1v) is 8.03. The molecule has 5 nitrogen and oxygen atoms in total. The van der Waals surface area contributed by atoms with Gasteiger partial charge in [0.05, 0.1) is 11.5 Å². The molecule has 0 fully saturated rings. The van der Waals surface area contributed by atoms with E-state index in [2.05, 4.69) is 0 Å². The van der Waals surface area contributed by atoms with Crippen molar-refractivity contribution in [1.82, 2.24) is 9.21 Å². The van der Waals surface area contributed by atoms with Gasteiger partial charge in [0.25, 0.3) is 0 Å². The van der Waals surface area contributed by atoms with Gasteiger partial charge in [-0.05, 0) is 44.3 Å². The lowest BCUT2D eigenvalue weighted by atomic mass is 10.1. The third-order valence-corrected chi connectivity index (χ3v) is 5.35. The summed E-state index contributed by atoms with van der Waals surface area (Å²) in [5.41, 5.74) is 1.06. The van der Waals surface area contributed by atoms with Crippen LogP contribution in [0, 0.1) is 6.92 Å². The van der Waals surface area contributed by atoms with Crippen LogP contribution in [0.2, 0.25) is 5.02 Å². The van der Waals surface area contributed by atoms with E-state index in [1.807, 2.05) is 19.0 Å². The lowest BCUT2D eigenvalue weighted by Gasteiger charge is -2.21. The average Bonchev–Trinajstić information content (AvgIpc) is 2.37. The van der Waals surface area contributed by atoms with Crippen molar-refractivity contribution in [2.75, 3.05) is 34.2 Å². The number of aliphatic hydroxyl groups is 1. The number of hydrogen-bond acceptors (Lipinski definition) is 4. The molecule has 1 N–H and O–H groups in total. The predicted octanol–water partition coefficient (Wildman–Crippen LogP) is 1.32. The Morgan fingerprint density at radius 1 is 1.20 bits per heavy atom. The topological polar surface area (TPSA) is 60.9 Å². The number of hydrogen-bond donors (Lipinski definition) is 1. The normalized spacial score (nSPS) is 12.4. The van der Waals surface area contributed by atoms with Crippen molar-refractivity contribution < 1.29 is 13.5 Å². The Morgan fingerprint density at radius 3 is 2.30 bits per heavy atom. The summed E-state index contributed by atoms with van der Waals surface area (Å²) in [6, 6.07) is 3.01. The zero-order valence-electron chi connectivity index (χ0n) is 12.2. The molecule has 20 heavy (non-hydrogen) atoms. The van der Waals surface area contributed by atoms with Gasteiger partial charge in [-0.25, -0.2) is 8.42 Å². The number of rotatable bonds is 6. The number of sulfonamides is 1. The van der Waals surface area contributed by atoms with Crippen molar-refractivity contribution in [3.8, 4) is 0 Å². The Morgan fingerprint density at radius 2 is 1.80 bits per heavy atom. The maximum absolute atomic E-state index is 12.6. The lowest BCUT2D eigenvalue weighted by molar-refractivity contribution is 0.280. The lowest BCUT2D eigenvalue weighted by Crippen LogP contribution is -2.34. The molecule has 0 saturated heterocycles. The van der Waals surface area contributed by atoms with Gasteiger partial charge in [-0.1, -0.05) is 11.6 Å². The van der Waals surface area contributed by atoms with Crippen molar-refractivity contribution in [1.29, 1.82) is 0 Å². The molecule has 0 aliphatic rings. The largest absolute Gasteiger partial charge is 0.392 e. The van der Waals surface area contributed by atoms with Gasteiger partial charge < -0.3 is 10.0 Å². The smallest absolute Gasteiger partial charge is 0.243 e. The summed E-state index contributed by atoms with van der Waals surface area (Å²) < 4.78 is 26.4. The first kappa shape index (κ1) is 17.4. The van der Waals surface area contributed by atoms with Crippen LogP contribution in [0.4, 0.5) is 0 Å². The summed E-state index contributed by atoms with van der Waals surface area (Å²) in [4.78, 5) is 2.06. The van der Waals surface area contributed by atoms with E-state index in [4.69, 9.17) is 11.6 Å². The van der Waals surface area contributed by atoms with Crippen LogP contribution >= 0.6 is 11.6 Å². The van der Waals surface area contributed by atoms with Crippen LogP contribution in [-0.4, -0.2) is 57.0 Å². The summed E-state index contributed by atoms with van der Waals surface area (Å²) in [6.07, 6.45) is 0. The molecule has 0 aromatic heterocycles. The Kier molecular flexibility index (Phi) is 5.97. The standard InChI is InChI=1S/C13H21ClN2O3S/c1-10-11(9-17)7-12(14)8-13(10)20(18,19)16(4)6-5-15(2)3/h7-8,17H,5-6,9H2,1-4H3. The molecule has 0 unspecified atom stereocenters. The van der Waals surface area contributed by atoms with Gasteiger partial charge in [0, 0.05) is 25.2 Å². The number of nitrogens with zero attached hydrogens (tertiary/aromatic N) is 2. The molecule has 0 saturated carbocycles. The van der Waals surface area contributed by atoms with Crippen LogP contribution in [-0.2, 0) is 16.6 Å². The van der Waals surface area contributed by atoms with Crippen LogP contribution in [0.5, 0.6) is 0 Å². The zero-order valence-corrected chi connectivity index (χ0v) is 13.8. The molecule has 0 amide bonds. The Hall–Kier alpha value is -0.660. The quantitative estimate of drug-likeness (QED) is 0.859. The molecule has 7 heteroatoms. The number of benzene rings is 1. The van der Waals surface area contributed by atoms with Crippen LogP contribution in [0.1, 0.15) is 11.1 Å². The van der Waals surface area contributed by atoms with E-state index in [1.165, 1.54) is 17.4 Å². The maximum Gasteiger partial charge on any atom is 0.243 e. The average molecular weight is 321 g/mol.